The molecule has 1 amide bonds. The number of rotatable bonds is 3. The van der Waals surface area contributed by atoms with Crippen molar-refractivity contribution < 1.29 is 18.3 Å². The molecule has 104 valence electrons. The Morgan fingerprint density at radius 1 is 1.37 bits per heavy atom. The minimum atomic E-state index is -3.06. The first-order valence-corrected chi connectivity index (χ1v) is 8.15. The summed E-state index contributed by atoms with van der Waals surface area (Å²) in [5, 5.41) is 9.41. The summed E-state index contributed by atoms with van der Waals surface area (Å²) in [7, 11) is -3.06. The smallest absolute Gasteiger partial charge is 0.253 e. The summed E-state index contributed by atoms with van der Waals surface area (Å²) in [6.45, 7) is 0.926. The van der Waals surface area contributed by atoms with E-state index in [1.807, 2.05) is 0 Å². The zero-order valence-electron chi connectivity index (χ0n) is 10.7. The lowest BCUT2D eigenvalue weighted by Crippen LogP contribution is -2.29. The third-order valence-corrected chi connectivity index (χ3v) is 3.94. The monoisotopic (exact) mass is 283 g/mol. The molecular weight excluding hydrogens is 266 g/mol. The van der Waals surface area contributed by atoms with Gasteiger partial charge in [-0.15, -0.1) is 0 Å². The lowest BCUT2D eigenvalue weighted by atomic mass is 10.1. The van der Waals surface area contributed by atoms with Crippen LogP contribution in [0.1, 0.15) is 22.3 Å². The SMILES string of the molecule is CS(=O)(=O)Cc1ccc(C(=O)N2CC[C@H](O)C2)cc1. The molecule has 1 aliphatic rings. The Morgan fingerprint density at radius 3 is 2.47 bits per heavy atom. The highest BCUT2D eigenvalue weighted by molar-refractivity contribution is 7.89. The molecule has 0 aliphatic carbocycles. The second kappa shape index (κ2) is 5.30. The molecule has 2 rings (SSSR count). The van der Waals surface area contributed by atoms with Crippen molar-refractivity contribution in [2.75, 3.05) is 19.3 Å². The predicted octanol–water partition coefficient (Wildman–Crippen LogP) is 0.438. The van der Waals surface area contributed by atoms with E-state index in [0.29, 0.717) is 30.6 Å². The molecule has 0 aromatic heterocycles. The molecule has 0 bridgehead atoms. The van der Waals surface area contributed by atoms with Gasteiger partial charge in [-0.05, 0) is 24.1 Å². The minimum absolute atomic E-state index is 0.0239. The average Bonchev–Trinajstić information content (AvgIpc) is 2.74. The van der Waals surface area contributed by atoms with Gasteiger partial charge in [0.1, 0.15) is 0 Å². The molecule has 1 saturated heterocycles. The van der Waals surface area contributed by atoms with Crippen LogP contribution in [0.15, 0.2) is 24.3 Å². The number of likely N-dealkylation sites (tertiary alicyclic amines) is 1. The quantitative estimate of drug-likeness (QED) is 0.873. The Kier molecular flexibility index (Phi) is 3.91. The van der Waals surface area contributed by atoms with Gasteiger partial charge in [-0.2, -0.15) is 0 Å². The van der Waals surface area contributed by atoms with Gasteiger partial charge in [0.2, 0.25) is 0 Å². The fraction of sp³-hybridized carbons (Fsp3) is 0.462. The second-order valence-corrected chi connectivity index (χ2v) is 7.10. The number of hydrogen-bond donors (Lipinski definition) is 1. The van der Waals surface area contributed by atoms with Crippen molar-refractivity contribution in [2.24, 2.45) is 0 Å². The number of amides is 1. The van der Waals surface area contributed by atoms with Crippen molar-refractivity contribution in [3.8, 4) is 0 Å². The van der Waals surface area contributed by atoms with E-state index in [1.54, 1.807) is 29.2 Å². The molecule has 0 spiro atoms. The standard InChI is InChI=1S/C13H17NO4S/c1-19(17,18)9-10-2-4-11(5-3-10)13(16)14-7-6-12(15)8-14/h2-5,12,15H,6-9H2,1H3/t12-/m0/s1. The van der Waals surface area contributed by atoms with Crippen molar-refractivity contribution >= 4 is 15.7 Å². The van der Waals surface area contributed by atoms with Crippen LogP contribution in [0.5, 0.6) is 0 Å². The topological polar surface area (TPSA) is 74.7 Å². The normalized spacial score (nSPS) is 19.7. The number of nitrogens with zero attached hydrogens (tertiary/aromatic N) is 1. The fourth-order valence-corrected chi connectivity index (χ4v) is 2.95. The highest BCUT2D eigenvalue weighted by atomic mass is 32.2. The molecule has 1 aliphatic heterocycles. The maximum atomic E-state index is 12.1. The predicted molar refractivity (Wildman–Crippen MR) is 71.5 cm³/mol. The molecule has 0 unspecified atom stereocenters. The molecule has 1 aromatic carbocycles. The number of hydrogen-bond acceptors (Lipinski definition) is 4. The van der Waals surface area contributed by atoms with Crippen molar-refractivity contribution in [1.82, 2.24) is 4.90 Å². The Balaban J connectivity index is 2.08. The van der Waals surface area contributed by atoms with Crippen LogP contribution in [-0.4, -0.2) is 49.8 Å². The number of aliphatic hydroxyl groups is 1. The molecule has 1 aromatic rings. The minimum Gasteiger partial charge on any atom is -0.391 e. The summed E-state index contributed by atoms with van der Waals surface area (Å²) in [6.07, 6.45) is 1.35. The van der Waals surface area contributed by atoms with Gasteiger partial charge < -0.3 is 10.0 Å². The van der Waals surface area contributed by atoms with Crippen LogP contribution in [0.4, 0.5) is 0 Å². The zero-order chi connectivity index (χ0) is 14.0. The highest BCUT2D eigenvalue weighted by Crippen LogP contribution is 2.15. The van der Waals surface area contributed by atoms with Gasteiger partial charge in [0.05, 0.1) is 11.9 Å². The Morgan fingerprint density at radius 2 is 2.00 bits per heavy atom. The summed E-state index contributed by atoms with van der Waals surface area (Å²) >= 11 is 0. The van der Waals surface area contributed by atoms with Gasteiger partial charge in [-0.3, -0.25) is 4.79 Å². The highest BCUT2D eigenvalue weighted by Gasteiger charge is 2.25. The van der Waals surface area contributed by atoms with Crippen LogP contribution in [0.3, 0.4) is 0 Å². The van der Waals surface area contributed by atoms with E-state index in [1.165, 1.54) is 6.26 Å². The molecular formula is C13H17NO4S. The third kappa shape index (κ3) is 3.78. The Bertz CT molecular complexity index is 565. The zero-order valence-corrected chi connectivity index (χ0v) is 11.6. The Labute approximate surface area is 112 Å². The number of sulfone groups is 1. The van der Waals surface area contributed by atoms with Crippen LogP contribution in [-0.2, 0) is 15.6 Å². The van der Waals surface area contributed by atoms with Gasteiger partial charge in [0.25, 0.3) is 5.91 Å². The lowest BCUT2D eigenvalue weighted by molar-refractivity contribution is 0.0765. The number of carbonyl (C=O) groups excluding carboxylic acids is 1. The summed E-state index contributed by atoms with van der Waals surface area (Å²) in [6, 6.07) is 6.57. The largest absolute Gasteiger partial charge is 0.391 e. The van der Waals surface area contributed by atoms with E-state index < -0.39 is 15.9 Å². The molecule has 6 heteroatoms. The van der Waals surface area contributed by atoms with Gasteiger partial charge in [0.15, 0.2) is 9.84 Å². The number of carbonyl (C=O) groups is 1. The fourth-order valence-electron chi connectivity index (χ4n) is 2.16. The molecule has 0 saturated carbocycles. The average molecular weight is 283 g/mol. The van der Waals surface area contributed by atoms with Crippen LogP contribution in [0.2, 0.25) is 0 Å². The summed E-state index contributed by atoms with van der Waals surface area (Å²) in [5.74, 6) is -0.147. The van der Waals surface area contributed by atoms with Crippen LogP contribution in [0.25, 0.3) is 0 Å². The van der Waals surface area contributed by atoms with E-state index in [-0.39, 0.29) is 11.7 Å². The molecule has 1 N–H and O–H groups in total. The first-order valence-electron chi connectivity index (χ1n) is 6.09. The first kappa shape index (κ1) is 14.0. The second-order valence-electron chi connectivity index (χ2n) is 4.96. The Hall–Kier alpha value is -1.40. The summed E-state index contributed by atoms with van der Waals surface area (Å²) in [5.41, 5.74) is 1.19. The molecule has 1 heterocycles. The number of β-amino-alcohol motifs (C(OH)–C–C–N with tert-alkyl or cyclic N) is 1. The van der Waals surface area contributed by atoms with Crippen LogP contribution in [0, 0.1) is 0 Å². The number of aliphatic hydroxyl groups excluding tert-OH is 1. The summed E-state index contributed by atoms with van der Waals surface area (Å²) < 4.78 is 22.3. The molecule has 1 fully saturated rings. The molecule has 19 heavy (non-hydrogen) atoms. The van der Waals surface area contributed by atoms with Gasteiger partial charge in [-0.1, -0.05) is 12.1 Å². The van der Waals surface area contributed by atoms with Gasteiger partial charge >= 0.3 is 0 Å². The van der Waals surface area contributed by atoms with E-state index in [2.05, 4.69) is 0 Å². The van der Waals surface area contributed by atoms with Crippen molar-refractivity contribution in [1.29, 1.82) is 0 Å². The van der Waals surface area contributed by atoms with E-state index in [0.717, 1.165) is 0 Å². The first-order chi connectivity index (χ1) is 8.85. The van der Waals surface area contributed by atoms with Crippen molar-refractivity contribution in [3.63, 3.8) is 0 Å². The lowest BCUT2D eigenvalue weighted by Gasteiger charge is -2.15. The van der Waals surface area contributed by atoms with Crippen LogP contribution >= 0.6 is 0 Å². The van der Waals surface area contributed by atoms with E-state index in [9.17, 15) is 18.3 Å². The van der Waals surface area contributed by atoms with Gasteiger partial charge in [-0.25, -0.2) is 8.42 Å². The van der Waals surface area contributed by atoms with E-state index >= 15 is 0 Å². The maximum Gasteiger partial charge on any atom is 0.253 e. The van der Waals surface area contributed by atoms with Crippen molar-refractivity contribution in [2.45, 2.75) is 18.3 Å². The molecule has 5 nitrogen and oxygen atoms in total. The van der Waals surface area contributed by atoms with Gasteiger partial charge in [0, 0.05) is 24.9 Å². The summed E-state index contributed by atoms with van der Waals surface area (Å²) in [4.78, 5) is 13.7. The van der Waals surface area contributed by atoms with E-state index in [4.69, 9.17) is 0 Å². The van der Waals surface area contributed by atoms with Crippen LogP contribution < -0.4 is 0 Å². The number of benzene rings is 1. The third-order valence-electron chi connectivity index (χ3n) is 3.08. The molecule has 1 atom stereocenters. The molecule has 0 radical (unpaired) electrons. The maximum absolute atomic E-state index is 12.1. The van der Waals surface area contributed by atoms with Crippen molar-refractivity contribution in [3.05, 3.63) is 35.4 Å².